The Morgan fingerprint density at radius 2 is 2.36 bits per heavy atom. The van der Waals surface area contributed by atoms with Crippen LogP contribution in [0.15, 0.2) is 18.2 Å². The van der Waals surface area contributed by atoms with E-state index >= 15 is 0 Å². The molecule has 1 aliphatic heterocycles. The summed E-state index contributed by atoms with van der Waals surface area (Å²) in [6.45, 7) is 6.76. The predicted molar refractivity (Wildman–Crippen MR) is 84.6 cm³/mol. The lowest BCUT2D eigenvalue weighted by atomic mass is 10.1. The van der Waals surface area contributed by atoms with Gasteiger partial charge in [0, 0.05) is 30.9 Å². The third kappa shape index (κ3) is 4.08. The van der Waals surface area contributed by atoms with Crippen LogP contribution in [0.3, 0.4) is 0 Å². The van der Waals surface area contributed by atoms with E-state index in [9.17, 15) is 10.1 Å². The first-order chi connectivity index (χ1) is 10.5. The lowest BCUT2D eigenvalue weighted by molar-refractivity contribution is -0.385. The van der Waals surface area contributed by atoms with Crippen molar-refractivity contribution in [2.24, 2.45) is 0 Å². The number of morpholine rings is 1. The van der Waals surface area contributed by atoms with Crippen LogP contribution in [0.5, 0.6) is 5.75 Å². The fourth-order valence-electron chi connectivity index (χ4n) is 2.50. The second kappa shape index (κ2) is 7.42. The summed E-state index contributed by atoms with van der Waals surface area (Å²) in [5.74, 6) is 0.284. The number of hydrogen-bond donors (Lipinski definition) is 1. The van der Waals surface area contributed by atoms with E-state index in [-0.39, 0.29) is 23.6 Å². The van der Waals surface area contributed by atoms with Crippen LogP contribution >= 0.6 is 0 Å². The third-order valence-corrected chi connectivity index (χ3v) is 3.70. The van der Waals surface area contributed by atoms with Crippen LogP contribution in [0.1, 0.15) is 13.8 Å². The van der Waals surface area contributed by atoms with E-state index in [1.807, 2.05) is 6.92 Å². The van der Waals surface area contributed by atoms with E-state index in [4.69, 9.17) is 9.47 Å². The highest BCUT2D eigenvalue weighted by Gasteiger charge is 2.24. The van der Waals surface area contributed by atoms with E-state index < -0.39 is 4.92 Å². The van der Waals surface area contributed by atoms with E-state index in [0.717, 1.165) is 25.4 Å². The largest absolute Gasteiger partial charge is 0.487 e. The number of nitro benzene ring substituents is 1. The van der Waals surface area contributed by atoms with Gasteiger partial charge in [0.1, 0.15) is 0 Å². The zero-order valence-electron chi connectivity index (χ0n) is 13.2. The normalized spacial score (nSPS) is 20.4. The number of ether oxygens (including phenoxy) is 2. The Morgan fingerprint density at radius 1 is 1.59 bits per heavy atom. The number of likely N-dealkylation sites (N-methyl/N-ethyl adjacent to an activating group) is 1. The number of rotatable bonds is 6. The molecule has 0 aliphatic carbocycles. The fraction of sp³-hybridized carbons (Fsp3) is 0.600. The highest BCUT2D eigenvalue weighted by Crippen LogP contribution is 2.30. The van der Waals surface area contributed by atoms with E-state index in [1.54, 1.807) is 19.1 Å². The fourth-order valence-corrected chi connectivity index (χ4v) is 2.50. The lowest BCUT2D eigenvalue weighted by Gasteiger charge is -2.34. The van der Waals surface area contributed by atoms with Crippen molar-refractivity contribution in [2.45, 2.75) is 26.0 Å². The molecule has 2 unspecified atom stereocenters. The van der Waals surface area contributed by atoms with Gasteiger partial charge in [0.05, 0.1) is 30.3 Å². The van der Waals surface area contributed by atoms with Gasteiger partial charge in [-0.1, -0.05) is 0 Å². The Labute approximate surface area is 130 Å². The number of benzene rings is 1. The molecule has 1 aromatic rings. The van der Waals surface area contributed by atoms with Crippen molar-refractivity contribution in [1.29, 1.82) is 0 Å². The van der Waals surface area contributed by atoms with Gasteiger partial charge in [-0.05, 0) is 27.0 Å². The Hall–Kier alpha value is -1.86. The van der Waals surface area contributed by atoms with Crippen LogP contribution < -0.4 is 10.1 Å². The first-order valence-electron chi connectivity index (χ1n) is 7.49. The minimum Gasteiger partial charge on any atom is -0.487 e. The van der Waals surface area contributed by atoms with Crippen molar-refractivity contribution in [3.05, 3.63) is 28.3 Å². The summed E-state index contributed by atoms with van der Waals surface area (Å²) < 4.78 is 11.1. The van der Waals surface area contributed by atoms with E-state index in [1.165, 1.54) is 6.07 Å². The number of nitro groups is 1. The molecule has 0 aromatic heterocycles. The molecule has 0 radical (unpaired) electrons. The average Bonchev–Trinajstić information content (AvgIpc) is 2.47. The molecule has 1 heterocycles. The number of nitrogens with one attached hydrogen (secondary N) is 1. The second-order valence-electron chi connectivity index (χ2n) is 5.48. The maximum absolute atomic E-state index is 11.0. The van der Waals surface area contributed by atoms with Gasteiger partial charge < -0.3 is 19.7 Å². The van der Waals surface area contributed by atoms with Crippen LogP contribution in [0, 0.1) is 10.1 Å². The summed E-state index contributed by atoms with van der Waals surface area (Å²) in [4.78, 5) is 12.8. The van der Waals surface area contributed by atoms with Gasteiger partial charge >= 0.3 is 5.69 Å². The average molecular weight is 309 g/mol. The minimum atomic E-state index is -0.433. The van der Waals surface area contributed by atoms with Crippen molar-refractivity contribution in [3.8, 4) is 5.75 Å². The summed E-state index contributed by atoms with van der Waals surface area (Å²) in [5, 5.41) is 14.3. The molecule has 1 aliphatic rings. The van der Waals surface area contributed by atoms with Gasteiger partial charge in [-0.25, -0.2) is 0 Å². The van der Waals surface area contributed by atoms with Crippen LogP contribution in [-0.4, -0.2) is 55.3 Å². The molecule has 1 fully saturated rings. The molecular weight excluding hydrogens is 286 g/mol. The summed E-state index contributed by atoms with van der Waals surface area (Å²) in [6.07, 6.45) is 0.0875. The smallest absolute Gasteiger partial charge is 0.311 e. The highest BCUT2D eigenvalue weighted by atomic mass is 16.6. The SMILES string of the molecule is CCOc1cc(NC(C)C2CN(C)CCO2)ccc1[N+](=O)[O-]. The van der Waals surface area contributed by atoms with Crippen LogP contribution in [0.2, 0.25) is 0 Å². The Morgan fingerprint density at radius 3 is 3.00 bits per heavy atom. The number of nitrogens with zero attached hydrogens (tertiary/aromatic N) is 2. The third-order valence-electron chi connectivity index (χ3n) is 3.70. The van der Waals surface area contributed by atoms with Crippen molar-refractivity contribution >= 4 is 11.4 Å². The molecule has 2 atom stereocenters. The predicted octanol–water partition coefficient (Wildman–Crippen LogP) is 2.12. The molecule has 0 saturated carbocycles. The van der Waals surface area contributed by atoms with Crippen molar-refractivity contribution in [1.82, 2.24) is 4.90 Å². The number of hydrogen-bond acceptors (Lipinski definition) is 6. The Bertz CT molecular complexity index is 524. The first-order valence-corrected chi connectivity index (χ1v) is 7.49. The molecule has 0 bridgehead atoms. The van der Waals surface area contributed by atoms with Gasteiger partial charge in [0.2, 0.25) is 0 Å². The maximum Gasteiger partial charge on any atom is 0.311 e. The van der Waals surface area contributed by atoms with Crippen LogP contribution in [-0.2, 0) is 4.74 Å². The molecule has 7 nitrogen and oxygen atoms in total. The topological polar surface area (TPSA) is 76.9 Å². The zero-order valence-corrected chi connectivity index (χ0v) is 13.2. The molecule has 1 N–H and O–H groups in total. The molecule has 1 aromatic carbocycles. The molecule has 22 heavy (non-hydrogen) atoms. The summed E-state index contributed by atoms with van der Waals surface area (Å²) in [5.41, 5.74) is 0.770. The van der Waals surface area contributed by atoms with Gasteiger partial charge in [0.15, 0.2) is 5.75 Å². The quantitative estimate of drug-likeness (QED) is 0.641. The second-order valence-corrected chi connectivity index (χ2v) is 5.48. The minimum absolute atomic E-state index is 0.0197. The molecule has 1 saturated heterocycles. The van der Waals surface area contributed by atoms with E-state index in [0.29, 0.717) is 6.61 Å². The molecular formula is C15H23N3O4. The van der Waals surface area contributed by atoms with Gasteiger partial charge in [-0.15, -0.1) is 0 Å². The first kappa shape index (κ1) is 16.5. The Kier molecular flexibility index (Phi) is 5.57. The zero-order chi connectivity index (χ0) is 16.1. The van der Waals surface area contributed by atoms with Crippen molar-refractivity contribution in [2.75, 3.05) is 38.7 Å². The van der Waals surface area contributed by atoms with Gasteiger partial charge in [-0.2, -0.15) is 0 Å². The molecule has 2 rings (SSSR count). The standard InChI is InChI=1S/C15H23N3O4/c1-4-21-14-9-12(5-6-13(14)18(19)20)16-11(2)15-10-17(3)7-8-22-15/h5-6,9,11,15-16H,4,7-8,10H2,1-3H3. The molecule has 0 amide bonds. The molecule has 7 heteroatoms. The van der Waals surface area contributed by atoms with Crippen LogP contribution in [0.25, 0.3) is 0 Å². The summed E-state index contributed by atoms with van der Waals surface area (Å²) in [7, 11) is 2.07. The van der Waals surface area contributed by atoms with Crippen molar-refractivity contribution in [3.63, 3.8) is 0 Å². The van der Waals surface area contributed by atoms with Crippen LogP contribution in [0.4, 0.5) is 11.4 Å². The maximum atomic E-state index is 11.0. The Balaban J connectivity index is 2.08. The monoisotopic (exact) mass is 309 g/mol. The molecule has 122 valence electrons. The van der Waals surface area contributed by atoms with Crippen molar-refractivity contribution < 1.29 is 14.4 Å². The number of anilines is 1. The molecule has 0 spiro atoms. The van der Waals surface area contributed by atoms with Gasteiger partial charge in [-0.3, -0.25) is 10.1 Å². The lowest BCUT2D eigenvalue weighted by Crippen LogP contribution is -2.47. The summed E-state index contributed by atoms with van der Waals surface area (Å²) >= 11 is 0. The summed E-state index contributed by atoms with van der Waals surface area (Å²) in [6, 6.07) is 4.93. The van der Waals surface area contributed by atoms with Gasteiger partial charge in [0.25, 0.3) is 0 Å². The highest BCUT2D eigenvalue weighted by molar-refractivity contribution is 5.58. The van der Waals surface area contributed by atoms with E-state index in [2.05, 4.69) is 17.3 Å².